The van der Waals surface area contributed by atoms with E-state index in [1.54, 1.807) is 4.90 Å². The topological polar surface area (TPSA) is 137 Å². The summed E-state index contributed by atoms with van der Waals surface area (Å²) in [5.74, 6) is -1.68. The lowest BCUT2D eigenvalue weighted by molar-refractivity contribution is -0.142. The fraction of sp³-hybridized carbons (Fsp3) is 0.452. The predicted molar refractivity (Wildman–Crippen MR) is 164 cm³/mol. The van der Waals surface area contributed by atoms with E-state index in [2.05, 4.69) is 26.9 Å². The van der Waals surface area contributed by atoms with Gasteiger partial charge in [0, 0.05) is 57.7 Å². The van der Waals surface area contributed by atoms with Gasteiger partial charge in [0.15, 0.2) is 0 Å². The molecule has 5 rings (SSSR count). The van der Waals surface area contributed by atoms with Crippen molar-refractivity contribution in [2.24, 2.45) is 16.8 Å². The van der Waals surface area contributed by atoms with Crippen molar-refractivity contribution in [3.8, 4) is 0 Å². The van der Waals surface area contributed by atoms with Crippen LogP contribution in [0.4, 0.5) is 30.9 Å². The second kappa shape index (κ2) is 14.6. The van der Waals surface area contributed by atoms with Gasteiger partial charge in [0.25, 0.3) is 5.91 Å². The second-order valence-corrected chi connectivity index (χ2v) is 11.3. The summed E-state index contributed by atoms with van der Waals surface area (Å²) < 4.78 is 45.1. The first kappa shape index (κ1) is 32.7. The first-order valence-corrected chi connectivity index (χ1v) is 15.0. The number of hydrogen-bond acceptors (Lipinski definition) is 10. The lowest BCUT2D eigenvalue weighted by Gasteiger charge is -2.36. The van der Waals surface area contributed by atoms with Crippen molar-refractivity contribution in [3.05, 3.63) is 65.6 Å². The fourth-order valence-electron chi connectivity index (χ4n) is 5.12. The molecule has 0 saturated carbocycles. The summed E-state index contributed by atoms with van der Waals surface area (Å²) in [7, 11) is 0. The quantitative estimate of drug-likeness (QED) is 0.322. The van der Waals surface area contributed by atoms with Crippen LogP contribution >= 0.6 is 0 Å². The number of amides is 1. The van der Waals surface area contributed by atoms with E-state index in [1.165, 1.54) is 6.07 Å². The van der Waals surface area contributed by atoms with Crippen molar-refractivity contribution in [1.29, 1.82) is 0 Å². The summed E-state index contributed by atoms with van der Waals surface area (Å²) in [4.78, 5) is 51.6. The number of aromatic nitrogens is 4. The van der Waals surface area contributed by atoms with Gasteiger partial charge in [-0.05, 0) is 30.4 Å². The monoisotopic (exact) mass is 640 g/mol. The Balaban J connectivity index is 1.31. The van der Waals surface area contributed by atoms with E-state index in [0.717, 1.165) is 36.9 Å². The molecule has 0 bridgehead atoms. The summed E-state index contributed by atoms with van der Waals surface area (Å²) in [6, 6.07) is 11.6. The second-order valence-electron chi connectivity index (χ2n) is 11.3. The smallest absolute Gasteiger partial charge is 0.433 e. The SMILES string of the molecule is CC1CCN(c2nc(C(=O)N=C[C@@H](COCc3ccccc3)C(=O)O)cc(N3CCN(c4nccc(C(F)(F)F)n4)CC3)n2)CC1. The van der Waals surface area contributed by atoms with E-state index < -0.39 is 29.7 Å². The van der Waals surface area contributed by atoms with Crippen LogP contribution in [0.15, 0.2) is 53.7 Å². The number of carboxylic acids is 1. The molecule has 0 radical (unpaired) electrons. The van der Waals surface area contributed by atoms with Crippen LogP contribution < -0.4 is 14.7 Å². The number of halogens is 3. The fourth-order valence-corrected chi connectivity index (χ4v) is 5.12. The number of benzene rings is 1. The minimum Gasteiger partial charge on any atom is -0.481 e. The number of aliphatic carboxylic acids is 1. The minimum absolute atomic E-state index is 0.00727. The number of aliphatic imine (C=N–C) groups is 1. The molecule has 0 spiro atoms. The molecule has 1 aromatic carbocycles. The molecular formula is C31H35F3N8O4. The molecule has 244 valence electrons. The highest BCUT2D eigenvalue weighted by Crippen LogP contribution is 2.29. The van der Waals surface area contributed by atoms with Gasteiger partial charge >= 0.3 is 12.1 Å². The third-order valence-electron chi connectivity index (χ3n) is 7.90. The molecule has 12 nitrogen and oxygen atoms in total. The minimum atomic E-state index is -4.58. The van der Waals surface area contributed by atoms with Crippen molar-refractivity contribution in [2.75, 3.05) is 60.6 Å². The summed E-state index contributed by atoms with van der Waals surface area (Å²) in [5.41, 5.74) is -0.114. The van der Waals surface area contributed by atoms with Crippen LogP contribution in [0.2, 0.25) is 0 Å². The lowest BCUT2D eigenvalue weighted by Crippen LogP contribution is -2.47. The number of nitrogens with zero attached hydrogens (tertiary/aromatic N) is 8. The van der Waals surface area contributed by atoms with Crippen LogP contribution in [0.1, 0.15) is 41.5 Å². The van der Waals surface area contributed by atoms with Gasteiger partial charge < -0.3 is 24.5 Å². The zero-order chi connectivity index (χ0) is 32.7. The third kappa shape index (κ3) is 8.53. The number of carbonyl (C=O) groups excluding carboxylic acids is 1. The average Bonchev–Trinajstić information content (AvgIpc) is 3.06. The van der Waals surface area contributed by atoms with Gasteiger partial charge in [0.2, 0.25) is 11.9 Å². The van der Waals surface area contributed by atoms with Crippen LogP contribution in [-0.4, -0.2) is 89.0 Å². The number of carbonyl (C=O) groups is 2. The molecule has 15 heteroatoms. The Hall–Kier alpha value is -4.66. The van der Waals surface area contributed by atoms with E-state index in [9.17, 15) is 27.9 Å². The van der Waals surface area contributed by atoms with Crippen LogP contribution in [0.25, 0.3) is 0 Å². The van der Waals surface area contributed by atoms with Crippen molar-refractivity contribution in [3.63, 3.8) is 0 Å². The maximum absolute atomic E-state index is 13.3. The van der Waals surface area contributed by atoms with Gasteiger partial charge in [-0.15, -0.1) is 0 Å². The van der Waals surface area contributed by atoms with Crippen molar-refractivity contribution >= 4 is 35.8 Å². The van der Waals surface area contributed by atoms with E-state index in [-0.39, 0.29) is 24.9 Å². The zero-order valence-corrected chi connectivity index (χ0v) is 25.3. The molecule has 2 aliphatic rings. The summed E-state index contributed by atoms with van der Waals surface area (Å²) in [5, 5.41) is 9.67. The molecule has 2 aromatic heterocycles. The number of piperidine rings is 1. The highest BCUT2D eigenvalue weighted by Gasteiger charge is 2.34. The Morgan fingerprint density at radius 2 is 1.65 bits per heavy atom. The van der Waals surface area contributed by atoms with Crippen molar-refractivity contribution in [1.82, 2.24) is 19.9 Å². The Bertz CT molecular complexity index is 1530. The maximum Gasteiger partial charge on any atom is 0.433 e. The van der Waals surface area contributed by atoms with Crippen LogP contribution in [0.3, 0.4) is 0 Å². The Morgan fingerprint density at radius 1 is 0.978 bits per heavy atom. The number of piperazine rings is 1. The first-order valence-electron chi connectivity index (χ1n) is 15.0. The van der Waals surface area contributed by atoms with E-state index in [1.807, 2.05) is 40.1 Å². The third-order valence-corrected chi connectivity index (χ3v) is 7.90. The first-order chi connectivity index (χ1) is 22.1. The van der Waals surface area contributed by atoms with E-state index in [0.29, 0.717) is 57.0 Å². The lowest BCUT2D eigenvalue weighted by atomic mass is 10.00. The number of hydrogen-bond donors (Lipinski definition) is 1. The Labute approximate surface area is 264 Å². The van der Waals surface area contributed by atoms with E-state index >= 15 is 0 Å². The molecule has 3 aromatic rings. The molecule has 1 atom stereocenters. The Morgan fingerprint density at radius 3 is 2.33 bits per heavy atom. The highest BCUT2D eigenvalue weighted by atomic mass is 19.4. The molecule has 2 fully saturated rings. The normalized spacial score (nSPS) is 17.0. The number of alkyl halides is 3. The van der Waals surface area contributed by atoms with Gasteiger partial charge in [-0.25, -0.2) is 19.9 Å². The summed E-state index contributed by atoms with van der Waals surface area (Å²) >= 11 is 0. The zero-order valence-electron chi connectivity index (χ0n) is 25.3. The number of carboxylic acid groups (broad SMARTS) is 1. The van der Waals surface area contributed by atoms with Crippen molar-refractivity contribution < 1.29 is 32.6 Å². The molecule has 4 heterocycles. The van der Waals surface area contributed by atoms with Gasteiger partial charge in [-0.1, -0.05) is 37.3 Å². The van der Waals surface area contributed by atoms with Crippen LogP contribution in [0.5, 0.6) is 0 Å². The molecule has 2 aliphatic heterocycles. The highest BCUT2D eigenvalue weighted by molar-refractivity contribution is 6.01. The van der Waals surface area contributed by atoms with Crippen LogP contribution in [0, 0.1) is 11.8 Å². The molecule has 46 heavy (non-hydrogen) atoms. The van der Waals surface area contributed by atoms with E-state index in [4.69, 9.17) is 9.72 Å². The molecular weight excluding hydrogens is 605 g/mol. The van der Waals surface area contributed by atoms with Crippen LogP contribution in [-0.2, 0) is 22.3 Å². The Kier molecular flexibility index (Phi) is 10.4. The summed E-state index contributed by atoms with van der Waals surface area (Å²) in [6.45, 7) is 5.05. The summed E-state index contributed by atoms with van der Waals surface area (Å²) in [6.07, 6.45) is -0.542. The maximum atomic E-state index is 13.3. The van der Waals surface area contributed by atoms with Gasteiger partial charge in [0.05, 0.1) is 13.2 Å². The van der Waals surface area contributed by atoms with Gasteiger partial charge in [-0.3, -0.25) is 9.59 Å². The molecule has 0 unspecified atom stereocenters. The van der Waals surface area contributed by atoms with Gasteiger partial charge in [-0.2, -0.15) is 18.2 Å². The number of anilines is 3. The molecule has 2 saturated heterocycles. The average molecular weight is 641 g/mol. The molecule has 1 amide bonds. The van der Waals surface area contributed by atoms with Gasteiger partial charge in [0.1, 0.15) is 23.1 Å². The number of ether oxygens (including phenoxy) is 1. The number of rotatable bonds is 10. The predicted octanol–water partition coefficient (Wildman–Crippen LogP) is 3.98. The standard InChI is InChI=1S/C31H35F3N8O4/c1-21-8-11-41(12-9-21)30-37-24(27(43)36-18-23(28(44)45)20-46-19-22-5-3-2-4-6-22)17-26(39-30)40-13-15-42(16-14-40)29-35-10-7-25(38-29)31(32,33)34/h2-7,10,17-18,21,23H,8-9,11-16,19-20H2,1H3,(H,44,45)/t23-/m0/s1. The van der Waals surface area contributed by atoms with Crippen molar-refractivity contribution in [2.45, 2.75) is 32.5 Å². The largest absolute Gasteiger partial charge is 0.481 e. The molecule has 0 aliphatic carbocycles. The molecule has 1 N–H and O–H groups in total.